The molecule has 0 saturated heterocycles. The van der Waals surface area contributed by atoms with Gasteiger partial charge in [-0.05, 0) is 36.2 Å². The molecule has 0 bridgehead atoms. The largest absolute Gasteiger partial charge is 0.493 e. The van der Waals surface area contributed by atoms with Gasteiger partial charge in [-0.1, -0.05) is 95.5 Å². The molecular weight excluding hydrogens is 330 g/mol. The van der Waals surface area contributed by atoms with Crippen LogP contribution in [0.3, 0.4) is 0 Å². The Balaban J connectivity index is 1.90. The van der Waals surface area contributed by atoms with E-state index in [2.05, 4.69) is 55.6 Å². The molecule has 0 heterocycles. The van der Waals surface area contributed by atoms with E-state index >= 15 is 0 Å². The molecule has 0 saturated carbocycles. The lowest BCUT2D eigenvalue weighted by atomic mass is 10.0. The van der Waals surface area contributed by atoms with Gasteiger partial charge in [0.15, 0.2) is 0 Å². The van der Waals surface area contributed by atoms with Crippen LogP contribution >= 0.6 is 0 Å². The Morgan fingerprint density at radius 1 is 0.741 bits per heavy atom. The summed E-state index contributed by atoms with van der Waals surface area (Å²) in [5, 5.41) is 6.27. The second-order valence-electron chi connectivity index (χ2n) is 7.62. The van der Waals surface area contributed by atoms with Crippen LogP contribution in [-0.2, 0) is 6.54 Å². The summed E-state index contributed by atoms with van der Waals surface area (Å²) in [6.45, 7) is 7.33. The molecule has 0 amide bonds. The van der Waals surface area contributed by atoms with Crippen molar-refractivity contribution in [2.45, 2.75) is 84.6 Å². The topological polar surface area (TPSA) is 21.3 Å². The highest BCUT2D eigenvalue weighted by Gasteiger charge is 2.08. The molecule has 0 aliphatic rings. The van der Waals surface area contributed by atoms with E-state index in [0.717, 1.165) is 31.9 Å². The van der Waals surface area contributed by atoms with Crippen molar-refractivity contribution in [3.8, 4) is 5.75 Å². The fraction of sp³-hybridized carbons (Fsp3) is 0.600. The molecule has 2 aromatic rings. The van der Waals surface area contributed by atoms with E-state index in [1.807, 2.05) is 0 Å². The van der Waals surface area contributed by atoms with Crippen LogP contribution in [0.1, 0.15) is 83.6 Å². The first-order valence-corrected chi connectivity index (χ1v) is 11.2. The zero-order valence-electron chi connectivity index (χ0n) is 17.6. The molecule has 0 aliphatic heterocycles. The van der Waals surface area contributed by atoms with Crippen molar-refractivity contribution in [2.24, 2.45) is 0 Å². The summed E-state index contributed by atoms with van der Waals surface area (Å²) in [5.74, 6) is 1.06. The molecule has 0 aliphatic carbocycles. The van der Waals surface area contributed by atoms with Crippen molar-refractivity contribution >= 4 is 10.8 Å². The van der Waals surface area contributed by atoms with Gasteiger partial charge in [0.2, 0.25) is 0 Å². The van der Waals surface area contributed by atoms with Gasteiger partial charge in [0.1, 0.15) is 5.75 Å². The highest BCUT2D eigenvalue weighted by atomic mass is 16.5. The third kappa shape index (κ3) is 7.92. The Kier molecular flexibility index (Phi) is 11.0. The van der Waals surface area contributed by atoms with Gasteiger partial charge in [-0.2, -0.15) is 0 Å². The maximum atomic E-state index is 6.20. The van der Waals surface area contributed by atoms with Crippen LogP contribution in [-0.4, -0.2) is 13.2 Å². The van der Waals surface area contributed by atoms with Crippen molar-refractivity contribution in [1.82, 2.24) is 5.32 Å². The number of hydrogen-bond acceptors (Lipinski definition) is 2. The average molecular weight is 370 g/mol. The van der Waals surface area contributed by atoms with Gasteiger partial charge in [-0.15, -0.1) is 0 Å². The predicted octanol–water partition coefficient (Wildman–Crippen LogP) is 7.25. The number of ether oxygens (including phenoxy) is 1. The fourth-order valence-corrected chi connectivity index (χ4v) is 3.59. The van der Waals surface area contributed by atoms with E-state index in [4.69, 9.17) is 4.74 Å². The van der Waals surface area contributed by atoms with Crippen molar-refractivity contribution in [1.29, 1.82) is 0 Å². The molecule has 0 atom stereocenters. The fourth-order valence-electron chi connectivity index (χ4n) is 3.59. The first-order valence-electron chi connectivity index (χ1n) is 11.2. The van der Waals surface area contributed by atoms with E-state index in [-0.39, 0.29) is 0 Å². The van der Waals surface area contributed by atoms with Crippen LogP contribution in [0.15, 0.2) is 36.4 Å². The predicted molar refractivity (Wildman–Crippen MR) is 119 cm³/mol. The van der Waals surface area contributed by atoms with E-state index in [9.17, 15) is 0 Å². The Bertz CT molecular complexity index is 637. The van der Waals surface area contributed by atoms with Gasteiger partial charge in [-0.25, -0.2) is 0 Å². The summed E-state index contributed by atoms with van der Waals surface area (Å²) < 4.78 is 6.20. The highest BCUT2D eigenvalue weighted by molar-refractivity contribution is 5.87. The molecule has 2 rings (SSSR count). The van der Waals surface area contributed by atoms with Gasteiger partial charge in [-0.3, -0.25) is 0 Å². The van der Waals surface area contributed by atoms with Gasteiger partial charge >= 0.3 is 0 Å². The minimum atomic E-state index is 0.825. The summed E-state index contributed by atoms with van der Waals surface area (Å²) in [5.41, 5.74) is 1.32. The van der Waals surface area contributed by atoms with Crippen LogP contribution in [0.4, 0.5) is 0 Å². The SMILES string of the molecule is CCCCCCCNCc1c(OCCCCCCC)ccc2ccccc12. The lowest BCUT2D eigenvalue weighted by molar-refractivity contribution is 0.301. The van der Waals surface area contributed by atoms with Crippen LogP contribution in [0.5, 0.6) is 5.75 Å². The van der Waals surface area contributed by atoms with Crippen molar-refractivity contribution < 1.29 is 4.74 Å². The van der Waals surface area contributed by atoms with Crippen LogP contribution in [0, 0.1) is 0 Å². The molecule has 2 aromatic carbocycles. The first-order chi connectivity index (χ1) is 13.4. The summed E-state index contributed by atoms with van der Waals surface area (Å²) in [6, 6.07) is 13.0. The number of unbranched alkanes of at least 4 members (excludes halogenated alkanes) is 8. The summed E-state index contributed by atoms with van der Waals surface area (Å²) in [4.78, 5) is 0. The van der Waals surface area contributed by atoms with Crippen molar-refractivity contribution in [3.05, 3.63) is 42.0 Å². The van der Waals surface area contributed by atoms with Crippen molar-refractivity contribution in [2.75, 3.05) is 13.2 Å². The summed E-state index contributed by atoms with van der Waals surface area (Å²) in [6.07, 6.45) is 13.0. The summed E-state index contributed by atoms with van der Waals surface area (Å²) >= 11 is 0. The van der Waals surface area contributed by atoms with Crippen LogP contribution in [0.25, 0.3) is 10.8 Å². The molecule has 27 heavy (non-hydrogen) atoms. The van der Waals surface area contributed by atoms with E-state index in [1.165, 1.54) is 74.1 Å². The average Bonchev–Trinajstić information content (AvgIpc) is 2.70. The van der Waals surface area contributed by atoms with Crippen LogP contribution in [0.2, 0.25) is 0 Å². The molecule has 2 nitrogen and oxygen atoms in total. The molecule has 150 valence electrons. The first kappa shape index (κ1) is 21.8. The van der Waals surface area contributed by atoms with Crippen LogP contribution < -0.4 is 10.1 Å². The smallest absolute Gasteiger partial charge is 0.124 e. The summed E-state index contributed by atoms with van der Waals surface area (Å²) in [7, 11) is 0. The molecule has 0 fully saturated rings. The maximum Gasteiger partial charge on any atom is 0.124 e. The minimum absolute atomic E-state index is 0.825. The Morgan fingerprint density at radius 3 is 2.22 bits per heavy atom. The molecule has 0 aromatic heterocycles. The molecule has 1 N–H and O–H groups in total. The molecule has 0 radical (unpaired) electrons. The lowest BCUT2D eigenvalue weighted by Gasteiger charge is -2.15. The van der Waals surface area contributed by atoms with Gasteiger partial charge in [0.05, 0.1) is 6.61 Å². The Labute approximate surface area is 166 Å². The van der Waals surface area contributed by atoms with Gasteiger partial charge in [0, 0.05) is 12.1 Å². The number of rotatable bonds is 15. The third-order valence-electron chi connectivity index (χ3n) is 5.26. The standard InChI is InChI=1S/C25H39NO/c1-3-5-7-9-13-19-26-21-24-23-16-12-11-15-22(23)17-18-25(24)27-20-14-10-8-6-4-2/h11-12,15-18,26H,3-10,13-14,19-21H2,1-2H3. The second kappa shape index (κ2) is 13.6. The van der Waals surface area contributed by atoms with E-state index in [0.29, 0.717) is 0 Å². The lowest BCUT2D eigenvalue weighted by Crippen LogP contribution is -2.16. The minimum Gasteiger partial charge on any atom is -0.493 e. The monoisotopic (exact) mass is 369 g/mol. The normalized spacial score (nSPS) is 11.2. The van der Waals surface area contributed by atoms with Crippen molar-refractivity contribution in [3.63, 3.8) is 0 Å². The highest BCUT2D eigenvalue weighted by Crippen LogP contribution is 2.28. The van der Waals surface area contributed by atoms with Gasteiger partial charge < -0.3 is 10.1 Å². The number of benzene rings is 2. The van der Waals surface area contributed by atoms with Gasteiger partial charge in [0.25, 0.3) is 0 Å². The molecule has 0 spiro atoms. The Morgan fingerprint density at radius 2 is 1.44 bits per heavy atom. The molecule has 2 heteroatoms. The second-order valence-corrected chi connectivity index (χ2v) is 7.62. The molecular formula is C25H39NO. The third-order valence-corrected chi connectivity index (χ3v) is 5.26. The number of fused-ring (bicyclic) bond motifs is 1. The molecule has 0 unspecified atom stereocenters. The quantitative estimate of drug-likeness (QED) is 0.334. The zero-order chi connectivity index (χ0) is 19.2. The maximum absolute atomic E-state index is 6.20. The zero-order valence-corrected chi connectivity index (χ0v) is 17.6. The number of nitrogens with one attached hydrogen (secondary N) is 1. The van der Waals surface area contributed by atoms with E-state index < -0.39 is 0 Å². The Hall–Kier alpha value is -1.54. The number of hydrogen-bond donors (Lipinski definition) is 1. The van der Waals surface area contributed by atoms with E-state index in [1.54, 1.807) is 0 Å².